The molecule has 1 aromatic carbocycles. The first-order chi connectivity index (χ1) is 6.65. The van der Waals surface area contributed by atoms with Crippen molar-refractivity contribution in [2.24, 2.45) is 0 Å². The normalized spacial score (nSPS) is 12.5. The third-order valence-corrected chi connectivity index (χ3v) is 2.20. The number of hydrogen-bond acceptors (Lipinski definition) is 3. The maximum absolute atomic E-state index is 5.88. The van der Waals surface area contributed by atoms with Crippen molar-refractivity contribution in [3.8, 4) is 0 Å². The molecule has 1 atom stereocenters. The summed E-state index contributed by atoms with van der Waals surface area (Å²) >= 11 is 5.88. The van der Waals surface area contributed by atoms with Crippen LogP contribution in [-0.4, -0.2) is 19.8 Å². The Labute approximate surface area is 89.2 Å². The van der Waals surface area contributed by atoms with Gasteiger partial charge in [0, 0.05) is 13.2 Å². The third kappa shape index (κ3) is 2.79. The number of halogens is 1. The average molecular weight is 215 g/mol. The van der Waals surface area contributed by atoms with E-state index in [0.29, 0.717) is 17.3 Å². The monoisotopic (exact) mass is 214 g/mol. The van der Waals surface area contributed by atoms with Crippen LogP contribution in [0.4, 0.5) is 11.4 Å². The van der Waals surface area contributed by atoms with Gasteiger partial charge in [0.2, 0.25) is 0 Å². The van der Waals surface area contributed by atoms with E-state index in [2.05, 4.69) is 5.32 Å². The van der Waals surface area contributed by atoms with Gasteiger partial charge >= 0.3 is 0 Å². The quantitative estimate of drug-likeness (QED) is 0.757. The Morgan fingerprint density at radius 3 is 2.93 bits per heavy atom. The van der Waals surface area contributed by atoms with Gasteiger partial charge in [0.05, 0.1) is 23.0 Å². The molecular weight excluding hydrogens is 200 g/mol. The lowest BCUT2D eigenvalue weighted by Crippen LogP contribution is -2.21. The lowest BCUT2D eigenvalue weighted by atomic mass is 10.2. The van der Waals surface area contributed by atoms with E-state index < -0.39 is 0 Å². The molecule has 1 rings (SSSR count). The summed E-state index contributed by atoms with van der Waals surface area (Å²) in [4.78, 5) is 0. The molecule has 3 nitrogen and oxygen atoms in total. The van der Waals surface area contributed by atoms with Crippen molar-refractivity contribution in [2.45, 2.75) is 13.0 Å². The highest BCUT2D eigenvalue weighted by molar-refractivity contribution is 6.33. The lowest BCUT2D eigenvalue weighted by molar-refractivity contribution is 0.190. The van der Waals surface area contributed by atoms with E-state index >= 15 is 0 Å². The molecule has 14 heavy (non-hydrogen) atoms. The Bertz CT molecular complexity index is 304. The van der Waals surface area contributed by atoms with Gasteiger partial charge in [-0.05, 0) is 19.1 Å². The molecule has 0 aliphatic rings. The SMILES string of the molecule is COCC(C)Nc1cccc(Cl)c1N. The zero-order valence-corrected chi connectivity index (χ0v) is 9.14. The number of hydrogen-bond donors (Lipinski definition) is 2. The van der Waals surface area contributed by atoms with Crippen LogP contribution in [0, 0.1) is 0 Å². The average Bonchev–Trinajstić information content (AvgIpc) is 2.13. The van der Waals surface area contributed by atoms with E-state index in [0.717, 1.165) is 5.69 Å². The minimum atomic E-state index is 0.209. The highest BCUT2D eigenvalue weighted by atomic mass is 35.5. The first-order valence-electron chi connectivity index (χ1n) is 4.44. The zero-order chi connectivity index (χ0) is 10.6. The van der Waals surface area contributed by atoms with Crippen LogP contribution in [0.3, 0.4) is 0 Å². The summed E-state index contributed by atoms with van der Waals surface area (Å²) in [5.41, 5.74) is 7.22. The van der Waals surface area contributed by atoms with Crippen LogP contribution in [0.2, 0.25) is 5.02 Å². The van der Waals surface area contributed by atoms with E-state index in [1.165, 1.54) is 0 Å². The van der Waals surface area contributed by atoms with Gasteiger partial charge in [-0.3, -0.25) is 0 Å². The minimum absolute atomic E-state index is 0.209. The van der Waals surface area contributed by atoms with Crippen molar-refractivity contribution in [1.29, 1.82) is 0 Å². The molecule has 0 bridgehead atoms. The molecule has 0 aromatic heterocycles. The van der Waals surface area contributed by atoms with Crippen LogP contribution < -0.4 is 11.1 Å². The molecule has 0 radical (unpaired) electrons. The fourth-order valence-corrected chi connectivity index (χ4v) is 1.39. The molecule has 0 fully saturated rings. The molecule has 4 heteroatoms. The molecular formula is C10H15ClN2O. The van der Waals surface area contributed by atoms with Crippen LogP contribution in [0.1, 0.15) is 6.92 Å². The summed E-state index contributed by atoms with van der Waals surface area (Å²) in [5.74, 6) is 0. The first-order valence-corrected chi connectivity index (χ1v) is 4.82. The predicted octanol–water partition coefficient (Wildman–Crippen LogP) is 2.37. The summed E-state index contributed by atoms with van der Waals surface area (Å²) in [6.07, 6.45) is 0. The van der Waals surface area contributed by atoms with Crippen molar-refractivity contribution in [3.05, 3.63) is 23.2 Å². The summed E-state index contributed by atoms with van der Waals surface area (Å²) in [6, 6.07) is 5.73. The number of ether oxygens (including phenoxy) is 1. The maximum atomic E-state index is 5.88. The Morgan fingerprint density at radius 2 is 2.29 bits per heavy atom. The fraction of sp³-hybridized carbons (Fsp3) is 0.400. The summed E-state index contributed by atoms with van der Waals surface area (Å²) in [5, 5.41) is 3.79. The highest BCUT2D eigenvalue weighted by Gasteiger charge is 2.05. The standard InChI is InChI=1S/C10H15ClN2O/c1-7(6-14-2)13-9-5-3-4-8(11)10(9)12/h3-5,7,13H,6,12H2,1-2H3. The molecule has 0 saturated carbocycles. The minimum Gasteiger partial charge on any atom is -0.396 e. The van der Waals surface area contributed by atoms with Crippen LogP contribution in [0.15, 0.2) is 18.2 Å². The van der Waals surface area contributed by atoms with E-state index in [-0.39, 0.29) is 6.04 Å². The molecule has 0 amide bonds. The van der Waals surface area contributed by atoms with Crippen molar-refractivity contribution in [1.82, 2.24) is 0 Å². The molecule has 0 aliphatic carbocycles. The Balaban J connectivity index is 2.71. The number of benzene rings is 1. The number of para-hydroxylation sites is 1. The Hall–Kier alpha value is -0.930. The second-order valence-corrected chi connectivity index (χ2v) is 3.61. The number of nitrogen functional groups attached to an aromatic ring is 1. The number of nitrogens with two attached hydrogens (primary N) is 1. The number of methoxy groups -OCH3 is 1. The molecule has 0 saturated heterocycles. The summed E-state index contributed by atoms with van der Waals surface area (Å²) < 4.78 is 5.01. The smallest absolute Gasteiger partial charge is 0.0739 e. The second-order valence-electron chi connectivity index (χ2n) is 3.20. The van der Waals surface area contributed by atoms with Crippen LogP contribution >= 0.6 is 11.6 Å². The van der Waals surface area contributed by atoms with Crippen LogP contribution in [0.5, 0.6) is 0 Å². The molecule has 0 heterocycles. The van der Waals surface area contributed by atoms with Gasteiger partial charge in [0.25, 0.3) is 0 Å². The highest BCUT2D eigenvalue weighted by Crippen LogP contribution is 2.27. The van der Waals surface area contributed by atoms with Crippen molar-refractivity contribution in [2.75, 3.05) is 24.8 Å². The van der Waals surface area contributed by atoms with Gasteiger partial charge in [-0.1, -0.05) is 17.7 Å². The summed E-state index contributed by atoms with van der Waals surface area (Å²) in [7, 11) is 1.67. The van der Waals surface area contributed by atoms with Crippen molar-refractivity contribution >= 4 is 23.0 Å². The number of rotatable bonds is 4. The molecule has 3 N–H and O–H groups in total. The topological polar surface area (TPSA) is 47.3 Å². The summed E-state index contributed by atoms with van der Waals surface area (Å²) in [6.45, 7) is 2.65. The van der Waals surface area contributed by atoms with Gasteiger partial charge in [-0.2, -0.15) is 0 Å². The molecule has 0 spiro atoms. The number of nitrogens with one attached hydrogen (secondary N) is 1. The molecule has 0 aliphatic heterocycles. The lowest BCUT2D eigenvalue weighted by Gasteiger charge is -2.16. The largest absolute Gasteiger partial charge is 0.396 e. The first kappa shape index (κ1) is 11.1. The van der Waals surface area contributed by atoms with Crippen LogP contribution in [0.25, 0.3) is 0 Å². The van der Waals surface area contributed by atoms with E-state index in [1.807, 2.05) is 19.1 Å². The predicted molar refractivity (Wildman–Crippen MR) is 60.8 cm³/mol. The van der Waals surface area contributed by atoms with Crippen molar-refractivity contribution < 1.29 is 4.74 Å². The molecule has 1 unspecified atom stereocenters. The van der Waals surface area contributed by atoms with E-state index in [1.54, 1.807) is 13.2 Å². The Kier molecular flexibility index (Phi) is 4.04. The van der Waals surface area contributed by atoms with E-state index in [9.17, 15) is 0 Å². The van der Waals surface area contributed by atoms with Gasteiger partial charge in [-0.25, -0.2) is 0 Å². The second kappa shape index (κ2) is 5.08. The van der Waals surface area contributed by atoms with E-state index in [4.69, 9.17) is 22.1 Å². The fourth-order valence-electron chi connectivity index (χ4n) is 1.22. The van der Waals surface area contributed by atoms with Crippen LogP contribution in [-0.2, 0) is 4.74 Å². The maximum Gasteiger partial charge on any atom is 0.0739 e. The third-order valence-electron chi connectivity index (χ3n) is 1.87. The van der Waals surface area contributed by atoms with Crippen molar-refractivity contribution in [3.63, 3.8) is 0 Å². The number of anilines is 2. The zero-order valence-electron chi connectivity index (χ0n) is 8.38. The van der Waals surface area contributed by atoms with Gasteiger partial charge in [0.1, 0.15) is 0 Å². The molecule has 78 valence electrons. The Morgan fingerprint density at radius 1 is 1.57 bits per heavy atom. The van der Waals surface area contributed by atoms with Gasteiger partial charge < -0.3 is 15.8 Å². The van der Waals surface area contributed by atoms with Gasteiger partial charge in [0.15, 0.2) is 0 Å². The van der Waals surface area contributed by atoms with Gasteiger partial charge in [-0.15, -0.1) is 0 Å². The molecule has 1 aromatic rings.